The molecule has 59 heavy (non-hydrogen) atoms. The molecular formula is C54H50N4O. The van der Waals surface area contributed by atoms with Crippen molar-refractivity contribution in [1.82, 2.24) is 18.8 Å². The molecule has 0 saturated carbocycles. The van der Waals surface area contributed by atoms with Crippen molar-refractivity contribution in [3.63, 3.8) is 0 Å². The maximum absolute atomic E-state index is 6.75. The Balaban J connectivity index is 1.10. The molecule has 6 aromatic carbocycles. The maximum Gasteiger partial charge on any atom is 0.145 e. The molecule has 0 bridgehead atoms. The van der Waals surface area contributed by atoms with Gasteiger partial charge in [-0.1, -0.05) is 104 Å². The Morgan fingerprint density at radius 1 is 0.407 bits per heavy atom. The van der Waals surface area contributed by atoms with Crippen molar-refractivity contribution in [3.05, 3.63) is 156 Å². The summed E-state index contributed by atoms with van der Waals surface area (Å²) in [5.74, 6) is 3.17. The second-order valence-corrected chi connectivity index (χ2v) is 17.5. The Kier molecular flexibility index (Phi) is 8.82. The van der Waals surface area contributed by atoms with E-state index in [1.807, 2.05) is 12.4 Å². The van der Waals surface area contributed by atoms with E-state index in [9.17, 15) is 0 Å². The molecule has 0 atom stereocenters. The van der Waals surface area contributed by atoms with E-state index in [2.05, 4.69) is 186 Å². The largest absolute Gasteiger partial charge is 0.457 e. The lowest BCUT2D eigenvalue weighted by Gasteiger charge is -2.21. The topological polar surface area (TPSA) is 43.8 Å². The number of hydrogen-bond donors (Lipinski definition) is 0. The summed E-state index contributed by atoms with van der Waals surface area (Å²) in [6.07, 6.45) is 7.90. The molecule has 10 aromatic rings. The van der Waals surface area contributed by atoms with Gasteiger partial charge >= 0.3 is 0 Å². The summed E-state index contributed by atoms with van der Waals surface area (Å²) in [4.78, 5) is 9.71. The zero-order valence-electron chi connectivity index (χ0n) is 35.2. The molecular weight excluding hydrogens is 721 g/mol. The number of aromatic nitrogens is 4. The highest BCUT2D eigenvalue weighted by molar-refractivity contribution is 6.14. The van der Waals surface area contributed by atoms with Gasteiger partial charge in [0.25, 0.3) is 0 Å². The Bertz CT molecular complexity index is 3000. The number of ether oxygens (including phenoxy) is 1. The number of imidazole rings is 2. The third-order valence-electron chi connectivity index (χ3n) is 12.4. The summed E-state index contributed by atoms with van der Waals surface area (Å²) in [5.41, 5.74) is 14.8. The van der Waals surface area contributed by atoms with Crippen LogP contribution in [-0.4, -0.2) is 18.8 Å². The van der Waals surface area contributed by atoms with E-state index in [0.29, 0.717) is 23.7 Å². The van der Waals surface area contributed by atoms with Crippen LogP contribution in [-0.2, 0) is 0 Å². The molecule has 5 nitrogen and oxygen atoms in total. The fourth-order valence-corrected chi connectivity index (χ4v) is 9.55. The quantitative estimate of drug-likeness (QED) is 0.145. The van der Waals surface area contributed by atoms with Crippen LogP contribution in [0.3, 0.4) is 0 Å². The van der Waals surface area contributed by atoms with E-state index in [1.165, 1.54) is 55.3 Å². The van der Waals surface area contributed by atoms with Gasteiger partial charge in [0.05, 0.1) is 11.0 Å². The van der Waals surface area contributed by atoms with Crippen molar-refractivity contribution in [2.75, 3.05) is 0 Å². The van der Waals surface area contributed by atoms with Gasteiger partial charge in [0.15, 0.2) is 0 Å². The van der Waals surface area contributed by atoms with Crippen molar-refractivity contribution in [1.29, 1.82) is 0 Å². The van der Waals surface area contributed by atoms with E-state index in [4.69, 9.17) is 14.7 Å². The number of benzene rings is 6. The van der Waals surface area contributed by atoms with E-state index in [1.54, 1.807) is 0 Å². The molecule has 5 heteroatoms. The molecule has 4 aromatic heterocycles. The van der Waals surface area contributed by atoms with E-state index < -0.39 is 0 Å². The van der Waals surface area contributed by atoms with Gasteiger partial charge in [-0.15, -0.1) is 0 Å². The molecule has 0 aliphatic heterocycles. The van der Waals surface area contributed by atoms with Gasteiger partial charge in [0.2, 0.25) is 0 Å². The van der Waals surface area contributed by atoms with Crippen LogP contribution >= 0.6 is 0 Å². The molecule has 0 unspecified atom stereocenters. The van der Waals surface area contributed by atoms with Crippen molar-refractivity contribution < 1.29 is 4.74 Å². The summed E-state index contributed by atoms with van der Waals surface area (Å²) in [6, 6.07) is 40.3. The lowest BCUT2D eigenvalue weighted by Crippen LogP contribution is -2.00. The number of rotatable bonds is 8. The first kappa shape index (κ1) is 36.9. The summed E-state index contributed by atoms with van der Waals surface area (Å²) in [7, 11) is 0. The minimum atomic E-state index is 0.410. The normalized spacial score (nSPS) is 12.3. The number of hydrogen-bond acceptors (Lipinski definition) is 3. The smallest absolute Gasteiger partial charge is 0.145 e. The van der Waals surface area contributed by atoms with E-state index >= 15 is 0 Å². The second-order valence-electron chi connectivity index (χ2n) is 17.5. The molecule has 292 valence electrons. The third-order valence-corrected chi connectivity index (χ3v) is 12.4. The van der Waals surface area contributed by atoms with Crippen molar-refractivity contribution in [2.24, 2.45) is 0 Å². The first-order valence-corrected chi connectivity index (χ1v) is 21.2. The minimum absolute atomic E-state index is 0.410. The summed E-state index contributed by atoms with van der Waals surface area (Å²) >= 11 is 0. The predicted molar refractivity (Wildman–Crippen MR) is 248 cm³/mol. The highest BCUT2D eigenvalue weighted by Crippen LogP contribution is 2.42. The molecule has 0 fully saturated rings. The lowest BCUT2D eigenvalue weighted by molar-refractivity contribution is 0.484. The van der Waals surface area contributed by atoms with Gasteiger partial charge in [-0.25, -0.2) is 9.97 Å². The predicted octanol–water partition coefficient (Wildman–Crippen LogP) is 15.2. The monoisotopic (exact) mass is 770 g/mol. The summed E-state index contributed by atoms with van der Waals surface area (Å²) in [6.45, 7) is 18.3. The molecule has 0 radical (unpaired) electrons. The number of pyridine rings is 2. The molecule has 0 amide bonds. The fraction of sp³-hybridized carbons (Fsp3) is 0.222. The Hall–Kier alpha value is -6.46. The van der Waals surface area contributed by atoms with E-state index in [0.717, 1.165) is 55.4 Å². The number of fused-ring (bicyclic) bond motifs is 12. The Morgan fingerprint density at radius 2 is 0.797 bits per heavy atom. The summed E-state index contributed by atoms with van der Waals surface area (Å²) < 4.78 is 11.2. The van der Waals surface area contributed by atoms with Crippen LogP contribution in [0.25, 0.3) is 76.9 Å². The standard InChI is InChI=1S/C54H50N4O/c1-31(2)39-11-9-12-40(32(3)4)51(39)35-15-21-49-45(27-35)43-19-17-37(29-47(43)53-55-23-25-57(49)53)59-38-18-20-44-46-28-36(52-41(33(5)6)13-10-14-42(52)34(7)8)16-22-50(46)58-26-24-56-54(58)48(44)30-38/h9-34H,1-8H3. The molecule has 0 saturated heterocycles. The summed E-state index contributed by atoms with van der Waals surface area (Å²) in [5, 5.41) is 6.80. The first-order chi connectivity index (χ1) is 28.6. The van der Waals surface area contributed by atoms with Crippen molar-refractivity contribution in [2.45, 2.75) is 79.1 Å². The average molecular weight is 771 g/mol. The zero-order chi connectivity index (χ0) is 40.7. The van der Waals surface area contributed by atoms with Crippen LogP contribution in [0.5, 0.6) is 11.5 Å². The minimum Gasteiger partial charge on any atom is -0.457 e. The molecule has 0 spiro atoms. The Morgan fingerprint density at radius 3 is 1.17 bits per heavy atom. The molecule has 4 heterocycles. The number of nitrogens with zero attached hydrogens (tertiary/aromatic N) is 4. The first-order valence-electron chi connectivity index (χ1n) is 21.2. The van der Waals surface area contributed by atoms with Gasteiger partial charge in [-0.3, -0.25) is 8.80 Å². The van der Waals surface area contributed by atoms with Crippen molar-refractivity contribution in [3.8, 4) is 33.8 Å². The molecule has 0 N–H and O–H groups in total. The van der Waals surface area contributed by atoms with Crippen LogP contribution in [0.4, 0.5) is 0 Å². The SMILES string of the molecule is CC(C)c1cccc(C(C)C)c1-c1ccc2c(c1)c1ccc(Oc3ccc4c5cc(-c6c(C(C)C)cccc6C(C)C)ccc5n5ccnc5c4c3)cc1c1nccn21. The fourth-order valence-electron chi connectivity index (χ4n) is 9.55. The zero-order valence-corrected chi connectivity index (χ0v) is 35.2. The van der Waals surface area contributed by atoms with Crippen LogP contribution in [0.2, 0.25) is 0 Å². The van der Waals surface area contributed by atoms with Crippen molar-refractivity contribution >= 4 is 54.6 Å². The van der Waals surface area contributed by atoms with Gasteiger partial charge in [-0.2, -0.15) is 0 Å². The van der Waals surface area contributed by atoms with Crippen LogP contribution in [0.1, 0.15) is 101 Å². The van der Waals surface area contributed by atoms with Gasteiger partial charge in [0, 0.05) is 46.3 Å². The lowest BCUT2D eigenvalue weighted by atomic mass is 9.84. The van der Waals surface area contributed by atoms with Crippen LogP contribution < -0.4 is 4.74 Å². The maximum atomic E-state index is 6.75. The average Bonchev–Trinajstić information content (AvgIpc) is 3.95. The molecule has 0 aliphatic rings. The third kappa shape index (κ3) is 5.97. The van der Waals surface area contributed by atoms with E-state index in [-0.39, 0.29) is 0 Å². The van der Waals surface area contributed by atoms with Gasteiger partial charge in [-0.05, 0) is 140 Å². The molecule has 0 aliphatic carbocycles. The second kappa shape index (κ2) is 14.1. The highest BCUT2D eigenvalue weighted by Gasteiger charge is 2.20. The van der Waals surface area contributed by atoms with Crippen LogP contribution in [0.15, 0.2) is 134 Å². The molecule has 10 rings (SSSR count). The van der Waals surface area contributed by atoms with Gasteiger partial charge < -0.3 is 4.74 Å². The highest BCUT2D eigenvalue weighted by atomic mass is 16.5. The van der Waals surface area contributed by atoms with Crippen LogP contribution in [0, 0.1) is 0 Å². The Labute approximate surface area is 345 Å². The van der Waals surface area contributed by atoms with Gasteiger partial charge in [0.1, 0.15) is 22.8 Å².